The molecule has 0 radical (unpaired) electrons. The Labute approximate surface area is 223 Å². The van der Waals surface area contributed by atoms with Crippen molar-refractivity contribution in [1.29, 1.82) is 0 Å². The number of piperidine rings is 1. The van der Waals surface area contributed by atoms with Crippen LogP contribution in [0, 0.1) is 0 Å². The molecule has 0 saturated carbocycles. The van der Waals surface area contributed by atoms with E-state index in [0.717, 1.165) is 73.6 Å². The smallest absolute Gasteiger partial charge is 0.337 e. The Kier molecular flexibility index (Phi) is 7.84. The molecule has 0 bridgehead atoms. The van der Waals surface area contributed by atoms with Gasteiger partial charge in [-0.2, -0.15) is 0 Å². The second-order valence-corrected chi connectivity index (χ2v) is 9.92. The van der Waals surface area contributed by atoms with Crippen molar-refractivity contribution in [3.05, 3.63) is 83.9 Å². The average Bonchev–Trinajstić information content (AvgIpc) is 3.31. The van der Waals surface area contributed by atoms with Gasteiger partial charge in [0.25, 0.3) is 0 Å². The maximum absolute atomic E-state index is 12.1. The van der Waals surface area contributed by atoms with Crippen LogP contribution < -0.4 is 5.32 Å². The Hall–Kier alpha value is -3.97. The van der Waals surface area contributed by atoms with E-state index in [4.69, 9.17) is 9.72 Å². The summed E-state index contributed by atoms with van der Waals surface area (Å²) in [7, 11) is 1.40. The number of rotatable bonds is 8. The molecule has 0 atom stereocenters. The van der Waals surface area contributed by atoms with Crippen LogP contribution in [0.2, 0.25) is 0 Å². The number of para-hydroxylation sites is 2. The molecule has 1 amide bonds. The highest BCUT2D eigenvalue weighted by molar-refractivity contribution is 5.91. The van der Waals surface area contributed by atoms with Gasteiger partial charge in [-0.25, -0.2) is 9.78 Å². The van der Waals surface area contributed by atoms with Crippen molar-refractivity contribution < 1.29 is 14.3 Å². The molecule has 7 heteroatoms. The highest BCUT2D eigenvalue weighted by Crippen LogP contribution is 2.30. The first-order valence-corrected chi connectivity index (χ1v) is 13.3. The van der Waals surface area contributed by atoms with Gasteiger partial charge in [0.2, 0.25) is 5.91 Å². The molecule has 1 saturated heterocycles. The van der Waals surface area contributed by atoms with Crippen molar-refractivity contribution in [3.63, 3.8) is 0 Å². The summed E-state index contributed by atoms with van der Waals surface area (Å²) in [6.45, 7) is 5.53. The Morgan fingerprint density at radius 1 is 0.974 bits per heavy atom. The molecular formula is C31H34N4O3. The number of anilines is 1. The molecule has 38 heavy (non-hydrogen) atoms. The van der Waals surface area contributed by atoms with E-state index in [0.29, 0.717) is 11.5 Å². The summed E-state index contributed by atoms with van der Waals surface area (Å²) in [4.78, 5) is 31.0. The quantitative estimate of drug-likeness (QED) is 0.307. The first-order valence-electron chi connectivity index (χ1n) is 13.3. The number of likely N-dealkylation sites (tertiary alicyclic amines) is 1. The fourth-order valence-corrected chi connectivity index (χ4v) is 5.44. The Morgan fingerprint density at radius 2 is 1.76 bits per heavy atom. The molecule has 7 nitrogen and oxygen atoms in total. The first-order chi connectivity index (χ1) is 18.5. The third-order valence-corrected chi connectivity index (χ3v) is 7.32. The van der Waals surface area contributed by atoms with Crippen molar-refractivity contribution in [3.8, 4) is 11.4 Å². The largest absolute Gasteiger partial charge is 0.465 e. The van der Waals surface area contributed by atoms with Crippen molar-refractivity contribution in [2.75, 3.05) is 32.1 Å². The van der Waals surface area contributed by atoms with Gasteiger partial charge in [0, 0.05) is 24.7 Å². The summed E-state index contributed by atoms with van der Waals surface area (Å²) in [6.07, 6.45) is 3.24. The topological polar surface area (TPSA) is 76.5 Å². The minimum atomic E-state index is -0.347. The average molecular weight is 511 g/mol. The number of hydrogen-bond donors (Lipinski definition) is 1. The molecule has 1 fully saturated rings. The highest BCUT2D eigenvalue weighted by atomic mass is 16.5. The van der Waals surface area contributed by atoms with Gasteiger partial charge in [-0.15, -0.1) is 0 Å². The van der Waals surface area contributed by atoms with Gasteiger partial charge in [0.1, 0.15) is 5.82 Å². The van der Waals surface area contributed by atoms with Gasteiger partial charge in [-0.1, -0.05) is 36.4 Å². The number of aryl methyl sites for hydroxylation is 1. The number of ether oxygens (including phenoxy) is 1. The molecule has 196 valence electrons. The molecule has 1 N–H and O–H groups in total. The Morgan fingerprint density at radius 3 is 2.55 bits per heavy atom. The lowest BCUT2D eigenvalue weighted by Crippen LogP contribution is -2.34. The molecule has 4 aromatic rings. The van der Waals surface area contributed by atoms with Crippen LogP contribution in [-0.4, -0.2) is 53.1 Å². The number of esters is 1. The first kappa shape index (κ1) is 25.7. The fourth-order valence-electron chi connectivity index (χ4n) is 5.44. The summed E-state index contributed by atoms with van der Waals surface area (Å²) >= 11 is 0. The fraction of sp³-hybridized carbons (Fsp3) is 0.323. The maximum Gasteiger partial charge on any atom is 0.337 e. The molecular weight excluding hydrogens is 476 g/mol. The molecule has 0 spiro atoms. The summed E-state index contributed by atoms with van der Waals surface area (Å²) in [5.41, 5.74) is 5.66. The number of nitrogens with one attached hydrogen (secondary N) is 1. The molecule has 0 unspecified atom stereocenters. The summed E-state index contributed by atoms with van der Waals surface area (Å²) in [5, 5.41) is 2.90. The zero-order valence-corrected chi connectivity index (χ0v) is 22.0. The monoisotopic (exact) mass is 510 g/mol. The molecule has 2 heterocycles. The van der Waals surface area contributed by atoms with Crippen LogP contribution in [0.4, 0.5) is 5.69 Å². The second kappa shape index (κ2) is 11.6. The van der Waals surface area contributed by atoms with E-state index < -0.39 is 0 Å². The van der Waals surface area contributed by atoms with E-state index in [1.807, 2.05) is 48.5 Å². The number of aromatic nitrogens is 2. The Balaban J connectivity index is 1.24. The molecule has 1 aromatic heterocycles. The number of nitrogens with zero attached hydrogens (tertiary/aromatic N) is 3. The van der Waals surface area contributed by atoms with Gasteiger partial charge in [0.15, 0.2) is 0 Å². The van der Waals surface area contributed by atoms with Crippen LogP contribution >= 0.6 is 0 Å². The minimum absolute atomic E-state index is 0.0398. The minimum Gasteiger partial charge on any atom is -0.465 e. The number of benzene rings is 3. The predicted octanol–water partition coefficient (Wildman–Crippen LogP) is 5.72. The number of fused-ring (bicyclic) bond motifs is 1. The van der Waals surface area contributed by atoms with Crippen molar-refractivity contribution in [2.45, 2.75) is 38.6 Å². The second-order valence-electron chi connectivity index (χ2n) is 9.92. The van der Waals surface area contributed by atoms with Gasteiger partial charge in [0.05, 0.1) is 23.7 Å². The number of methoxy groups -OCH3 is 1. The highest BCUT2D eigenvalue weighted by Gasteiger charge is 2.21. The molecule has 1 aliphatic rings. The van der Waals surface area contributed by atoms with Crippen LogP contribution in [0.1, 0.15) is 48.0 Å². The lowest BCUT2D eigenvalue weighted by molar-refractivity contribution is -0.114. The maximum atomic E-state index is 12.1. The van der Waals surface area contributed by atoms with E-state index in [1.54, 1.807) is 13.0 Å². The van der Waals surface area contributed by atoms with Crippen molar-refractivity contribution >= 4 is 28.6 Å². The van der Waals surface area contributed by atoms with E-state index in [9.17, 15) is 9.59 Å². The third-order valence-electron chi connectivity index (χ3n) is 7.32. The standard InChI is InChI=1S/C31H34N4O3/c1-22(36)32-27-11-6-8-24(21-27)23-14-18-34(19-15-23)16-7-17-35-29-13-4-3-12-28(29)33-30(35)25-9-5-10-26(20-25)31(37)38-2/h3-6,8-13,20-21,23H,7,14-19H2,1-2H3,(H,32,36). The van der Waals surface area contributed by atoms with Crippen molar-refractivity contribution in [1.82, 2.24) is 14.5 Å². The van der Waals surface area contributed by atoms with E-state index in [2.05, 4.69) is 33.0 Å². The summed E-state index contributed by atoms with van der Waals surface area (Å²) < 4.78 is 7.19. The number of imidazole rings is 1. The van der Waals surface area contributed by atoms with Gasteiger partial charge in [-0.3, -0.25) is 4.79 Å². The summed E-state index contributed by atoms with van der Waals surface area (Å²) in [5.74, 6) is 1.00. The van der Waals surface area contributed by atoms with Crippen molar-refractivity contribution in [2.24, 2.45) is 0 Å². The van der Waals surface area contributed by atoms with Gasteiger partial charge in [-0.05, 0) is 86.8 Å². The van der Waals surface area contributed by atoms with Gasteiger partial charge >= 0.3 is 5.97 Å². The van der Waals surface area contributed by atoms with Crippen LogP contribution in [-0.2, 0) is 16.1 Å². The summed E-state index contributed by atoms with van der Waals surface area (Å²) in [6, 6.07) is 23.9. The van der Waals surface area contributed by atoms with E-state index >= 15 is 0 Å². The number of hydrogen-bond acceptors (Lipinski definition) is 5. The number of carbonyl (C=O) groups excluding carboxylic acids is 2. The lowest BCUT2D eigenvalue weighted by Gasteiger charge is -2.32. The van der Waals surface area contributed by atoms with Crippen LogP contribution in [0.25, 0.3) is 22.4 Å². The zero-order chi connectivity index (χ0) is 26.5. The predicted molar refractivity (Wildman–Crippen MR) is 150 cm³/mol. The van der Waals surface area contributed by atoms with E-state index in [1.165, 1.54) is 12.7 Å². The van der Waals surface area contributed by atoms with Crippen LogP contribution in [0.3, 0.4) is 0 Å². The normalized spacial score (nSPS) is 14.5. The van der Waals surface area contributed by atoms with Gasteiger partial charge < -0.3 is 19.5 Å². The molecule has 5 rings (SSSR count). The Bertz CT molecular complexity index is 1440. The molecule has 1 aliphatic heterocycles. The van der Waals surface area contributed by atoms with Crippen LogP contribution in [0.5, 0.6) is 0 Å². The number of carbonyl (C=O) groups is 2. The molecule has 0 aliphatic carbocycles. The lowest BCUT2D eigenvalue weighted by atomic mass is 9.89. The SMILES string of the molecule is COC(=O)c1cccc(-c2nc3ccccc3n2CCCN2CCC(c3cccc(NC(C)=O)c3)CC2)c1. The number of amides is 1. The van der Waals surface area contributed by atoms with E-state index in [-0.39, 0.29) is 11.9 Å². The molecule has 3 aromatic carbocycles. The van der Waals surface area contributed by atoms with Crippen LogP contribution in [0.15, 0.2) is 72.8 Å². The third kappa shape index (κ3) is 5.78. The zero-order valence-electron chi connectivity index (χ0n) is 22.0.